The molecule has 2 atom stereocenters. The van der Waals surface area contributed by atoms with Gasteiger partial charge in [0.15, 0.2) is 5.01 Å². The van der Waals surface area contributed by atoms with Crippen molar-refractivity contribution in [2.24, 2.45) is 0 Å². The molecule has 1 amide bonds. The second kappa shape index (κ2) is 10.6. The second-order valence-corrected chi connectivity index (χ2v) is 10.9. The molecule has 35 heavy (non-hydrogen) atoms. The summed E-state index contributed by atoms with van der Waals surface area (Å²) in [5.74, 6) is -0.0310. The van der Waals surface area contributed by atoms with Crippen molar-refractivity contribution >= 4 is 33.0 Å². The van der Waals surface area contributed by atoms with Crippen molar-refractivity contribution < 1.29 is 22.7 Å². The fourth-order valence-electron chi connectivity index (χ4n) is 3.26. The monoisotopic (exact) mass is 518 g/mol. The van der Waals surface area contributed by atoms with Crippen molar-refractivity contribution in [3.63, 3.8) is 0 Å². The first-order valence-corrected chi connectivity index (χ1v) is 13.4. The number of ether oxygens (including phenoxy) is 2. The van der Waals surface area contributed by atoms with Crippen LogP contribution in [0.2, 0.25) is 0 Å². The number of amides is 1. The predicted octanol–water partition coefficient (Wildman–Crippen LogP) is 2.80. The summed E-state index contributed by atoms with van der Waals surface area (Å²) in [7, 11) is -1.91. The summed E-state index contributed by atoms with van der Waals surface area (Å²) in [6.07, 6.45) is 7.01. The highest BCUT2D eigenvalue weighted by atomic mass is 32.2. The number of nitrogens with one attached hydrogen (secondary N) is 2. The molecule has 0 bridgehead atoms. The quantitative estimate of drug-likeness (QED) is 0.391. The van der Waals surface area contributed by atoms with Crippen molar-refractivity contribution in [2.75, 3.05) is 18.4 Å². The number of anilines is 1. The lowest BCUT2D eigenvalue weighted by atomic mass is 10.1. The van der Waals surface area contributed by atoms with E-state index in [1.54, 1.807) is 31.5 Å². The predicted molar refractivity (Wildman–Crippen MR) is 131 cm³/mol. The largest absolute Gasteiger partial charge is 0.477 e. The van der Waals surface area contributed by atoms with Gasteiger partial charge in [0.1, 0.15) is 5.69 Å². The van der Waals surface area contributed by atoms with Crippen LogP contribution in [0.4, 0.5) is 5.69 Å². The molecule has 0 aliphatic heterocycles. The average molecular weight is 519 g/mol. The maximum Gasteiger partial charge on any atom is 0.280 e. The maximum absolute atomic E-state index is 13.1. The first-order chi connectivity index (χ1) is 16.8. The van der Waals surface area contributed by atoms with E-state index in [1.807, 2.05) is 6.92 Å². The molecule has 1 aliphatic rings. The number of sulfonamides is 1. The van der Waals surface area contributed by atoms with Crippen molar-refractivity contribution in [1.82, 2.24) is 25.3 Å². The molecule has 11 nitrogen and oxygen atoms in total. The van der Waals surface area contributed by atoms with Crippen LogP contribution in [-0.2, 0) is 14.8 Å². The minimum Gasteiger partial charge on any atom is -0.477 e. The lowest BCUT2D eigenvalue weighted by molar-refractivity contribution is 0.0687. The summed E-state index contributed by atoms with van der Waals surface area (Å²) in [5.41, 5.74) is 1.39. The van der Waals surface area contributed by atoms with Crippen LogP contribution >= 0.6 is 11.3 Å². The number of methoxy groups -OCH3 is 1. The van der Waals surface area contributed by atoms with Gasteiger partial charge in [-0.2, -0.15) is 0 Å². The van der Waals surface area contributed by atoms with E-state index in [-0.39, 0.29) is 10.3 Å². The minimum absolute atomic E-state index is 0.225. The molecule has 3 heterocycles. The number of thiazole rings is 1. The zero-order valence-electron chi connectivity index (χ0n) is 19.5. The molecule has 0 saturated heterocycles. The van der Waals surface area contributed by atoms with Crippen LogP contribution in [0.15, 0.2) is 36.9 Å². The Labute approximate surface area is 207 Å². The Balaban J connectivity index is 1.52. The summed E-state index contributed by atoms with van der Waals surface area (Å²) in [6, 6.07) is 2.53. The summed E-state index contributed by atoms with van der Waals surface area (Å²) in [5, 5.41) is 2.77. The molecule has 13 heteroatoms. The molecule has 186 valence electrons. The molecule has 0 aromatic carbocycles. The number of pyridine rings is 1. The van der Waals surface area contributed by atoms with E-state index in [0.717, 1.165) is 11.3 Å². The number of carbonyl (C=O) groups is 1. The van der Waals surface area contributed by atoms with Crippen LogP contribution in [0.3, 0.4) is 0 Å². The Morgan fingerprint density at radius 2 is 2.06 bits per heavy atom. The zero-order valence-corrected chi connectivity index (χ0v) is 21.1. The van der Waals surface area contributed by atoms with Crippen LogP contribution in [0.5, 0.6) is 5.88 Å². The first kappa shape index (κ1) is 24.9. The summed E-state index contributed by atoms with van der Waals surface area (Å²) >= 11 is 1.16. The van der Waals surface area contributed by atoms with E-state index in [9.17, 15) is 13.2 Å². The van der Waals surface area contributed by atoms with E-state index in [4.69, 9.17) is 9.47 Å². The third kappa shape index (κ3) is 6.10. The van der Waals surface area contributed by atoms with Gasteiger partial charge in [0.05, 0.1) is 52.7 Å². The number of hydrogen-bond acceptors (Lipinski definition) is 10. The van der Waals surface area contributed by atoms with Gasteiger partial charge in [0, 0.05) is 19.5 Å². The van der Waals surface area contributed by atoms with Gasteiger partial charge < -0.3 is 14.8 Å². The van der Waals surface area contributed by atoms with Gasteiger partial charge in [-0.25, -0.2) is 18.4 Å². The van der Waals surface area contributed by atoms with Crippen LogP contribution in [0.1, 0.15) is 48.2 Å². The molecule has 1 fully saturated rings. The Kier molecular flexibility index (Phi) is 7.57. The Hall–Kier alpha value is -3.16. The number of carbonyl (C=O) groups excluding carboxylic acids is 1. The topological polar surface area (TPSA) is 145 Å². The van der Waals surface area contributed by atoms with Crippen LogP contribution < -0.4 is 14.8 Å². The lowest BCUT2D eigenvalue weighted by Gasteiger charge is -2.23. The van der Waals surface area contributed by atoms with Gasteiger partial charge >= 0.3 is 0 Å². The lowest BCUT2D eigenvalue weighted by Crippen LogP contribution is -2.36. The third-order valence-corrected chi connectivity index (χ3v) is 8.20. The number of rotatable bonds is 11. The van der Waals surface area contributed by atoms with E-state index >= 15 is 0 Å². The van der Waals surface area contributed by atoms with Crippen LogP contribution in [0.25, 0.3) is 10.6 Å². The minimum atomic E-state index is -3.43. The number of hydrogen-bond donors (Lipinski definition) is 2. The Morgan fingerprint density at radius 3 is 2.77 bits per heavy atom. The number of aromatic nitrogens is 4. The van der Waals surface area contributed by atoms with Gasteiger partial charge in [-0.3, -0.25) is 19.5 Å². The molecule has 3 aromatic heterocycles. The SMILES string of the molecule is CCOc1cncc(-c2cnc(C(=O)N[C@@H](c3cc(NS(=O)(=O)C4CC4)ccn3)[C@H](C)OC)s2)n1. The van der Waals surface area contributed by atoms with Crippen LogP contribution in [-0.4, -0.2) is 59.3 Å². The molecule has 0 spiro atoms. The van der Waals surface area contributed by atoms with Gasteiger partial charge in [0.25, 0.3) is 5.91 Å². The molecule has 4 rings (SSSR count). The highest BCUT2D eigenvalue weighted by Gasteiger charge is 2.36. The second-order valence-electron chi connectivity index (χ2n) is 7.91. The fraction of sp³-hybridized carbons (Fsp3) is 0.409. The van der Waals surface area contributed by atoms with Crippen molar-refractivity contribution in [2.45, 2.75) is 44.1 Å². The fourth-order valence-corrected chi connectivity index (χ4v) is 5.41. The highest BCUT2D eigenvalue weighted by molar-refractivity contribution is 7.93. The first-order valence-electron chi connectivity index (χ1n) is 11.0. The maximum atomic E-state index is 13.1. The van der Waals surface area contributed by atoms with E-state index in [0.29, 0.717) is 47.3 Å². The molecule has 2 N–H and O–H groups in total. The summed E-state index contributed by atoms with van der Waals surface area (Å²) in [4.78, 5) is 30.8. The molecule has 0 radical (unpaired) electrons. The molecule has 0 unspecified atom stereocenters. The summed E-state index contributed by atoms with van der Waals surface area (Å²) < 4.78 is 38.1. The van der Waals surface area contributed by atoms with Gasteiger partial charge in [-0.15, -0.1) is 11.3 Å². The van der Waals surface area contributed by atoms with Crippen molar-refractivity contribution in [3.8, 4) is 16.5 Å². The smallest absolute Gasteiger partial charge is 0.280 e. The van der Waals surface area contributed by atoms with E-state index < -0.39 is 28.1 Å². The Bertz CT molecular complexity index is 1290. The van der Waals surface area contributed by atoms with E-state index in [2.05, 4.69) is 30.0 Å². The van der Waals surface area contributed by atoms with Gasteiger partial charge in [-0.05, 0) is 38.8 Å². The van der Waals surface area contributed by atoms with Crippen LogP contribution in [0, 0.1) is 0 Å². The van der Waals surface area contributed by atoms with Gasteiger partial charge in [0.2, 0.25) is 15.9 Å². The standard InChI is InChI=1S/C22H26N6O5S2/c1-4-33-19-12-23-10-17(26-19)18-11-25-22(34-18)21(29)27-20(13(2)32-3)16-9-14(7-8-24-16)28-35(30,31)15-5-6-15/h7-13,15,20H,4-6H2,1-3H3,(H,24,28)(H,27,29)/t13-,20+/m0/s1. The average Bonchev–Trinajstić information content (AvgIpc) is 3.60. The normalized spacial score (nSPS) is 15.3. The molecule has 1 saturated carbocycles. The third-order valence-electron chi connectivity index (χ3n) is 5.31. The highest BCUT2D eigenvalue weighted by Crippen LogP contribution is 2.30. The van der Waals surface area contributed by atoms with Crippen molar-refractivity contribution in [1.29, 1.82) is 0 Å². The van der Waals surface area contributed by atoms with Crippen molar-refractivity contribution in [3.05, 3.63) is 47.6 Å². The summed E-state index contributed by atoms with van der Waals surface area (Å²) in [6.45, 7) is 4.11. The molecule has 1 aliphatic carbocycles. The number of nitrogens with zero attached hydrogens (tertiary/aromatic N) is 4. The molecular formula is C22H26N6O5S2. The van der Waals surface area contributed by atoms with E-state index in [1.165, 1.54) is 19.5 Å². The molecular weight excluding hydrogens is 492 g/mol. The van der Waals surface area contributed by atoms with Gasteiger partial charge in [-0.1, -0.05) is 0 Å². The zero-order chi connectivity index (χ0) is 25.0. The molecule has 3 aromatic rings. The Morgan fingerprint density at radius 1 is 1.26 bits per heavy atom.